The molecule has 4 aromatic rings. The molecule has 1 nitrogen and oxygen atoms in total. The van der Waals surface area contributed by atoms with Crippen molar-refractivity contribution in [2.45, 2.75) is 23.7 Å². The van der Waals surface area contributed by atoms with Gasteiger partial charge in [0.1, 0.15) is 0 Å². The molecule has 6 rings (SSSR count). The van der Waals surface area contributed by atoms with Gasteiger partial charge in [-0.15, -0.1) is 0 Å². The Kier molecular flexibility index (Phi) is 4.26. The second kappa shape index (κ2) is 7.17. The van der Waals surface area contributed by atoms with Crippen molar-refractivity contribution in [1.29, 1.82) is 0 Å². The molecular formula is C31H24O. The maximum absolute atomic E-state index is 14.7. The summed E-state index contributed by atoms with van der Waals surface area (Å²) in [5, 5.41) is 0. The van der Waals surface area contributed by atoms with E-state index < -0.39 is 10.8 Å². The number of Topliss-reactive ketones (excluding diaryl/α,β-unsaturated/α-hetero) is 1. The number of benzene rings is 4. The van der Waals surface area contributed by atoms with Crippen LogP contribution in [0.4, 0.5) is 0 Å². The van der Waals surface area contributed by atoms with Crippen LogP contribution in [-0.2, 0) is 15.6 Å². The zero-order valence-electron chi connectivity index (χ0n) is 17.9. The molecule has 0 aromatic heterocycles. The molecule has 0 radical (unpaired) electrons. The van der Waals surface area contributed by atoms with Gasteiger partial charge in [0.15, 0.2) is 5.78 Å². The first-order valence-electron chi connectivity index (χ1n) is 11.3. The van der Waals surface area contributed by atoms with Gasteiger partial charge < -0.3 is 0 Å². The van der Waals surface area contributed by atoms with E-state index in [0.29, 0.717) is 5.78 Å². The smallest absolute Gasteiger partial charge is 0.162 e. The number of ketones is 1. The van der Waals surface area contributed by atoms with E-state index in [4.69, 9.17) is 0 Å². The van der Waals surface area contributed by atoms with Crippen LogP contribution in [0.5, 0.6) is 0 Å². The van der Waals surface area contributed by atoms with E-state index in [0.717, 1.165) is 35.1 Å². The standard InChI is InChI=1S/C31H24O/c32-29-30(25-17-9-3-10-18-25)21-22-31(29,26-19-11-4-12-20-26)28(24-15-7-2-8-16-24)27(30)23-13-5-1-6-14-23/h1-20H,21-22H2. The third-order valence-corrected chi connectivity index (χ3v) is 7.41. The maximum Gasteiger partial charge on any atom is 0.162 e. The number of hydrogen-bond donors (Lipinski definition) is 0. The average molecular weight is 413 g/mol. The van der Waals surface area contributed by atoms with Crippen LogP contribution in [0, 0.1) is 0 Å². The Bertz CT molecular complexity index is 1200. The van der Waals surface area contributed by atoms with Crippen LogP contribution < -0.4 is 0 Å². The van der Waals surface area contributed by atoms with E-state index in [1.807, 2.05) is 24.3 Å². The monoisotopic (exact) mass is 412 g/mol. The van der Waals surface area contributed by atoms with Crippen LogP contribution in [0.25, 0.3) is 11.1 Å². The summed E-state index contributed by atoms with van der Waals surface area (Å²) in [5.74, 6) is 0.320. The molecule has 2 aliphatic rings. The molecule has 0 spiro atoms. The summed E-state index contributed by atoms with van der Waals surface area (Å²) in [7, 11) is 0. The molecule has 1 saturated carbocycles. The molecular weight excluding hydrogens is 388 g/mol. The molecule has 154 valence electrons. The van der Waals surface area contributed by atoms with Crippen molar-refractivity contribution in [3.05, 3.63) is 144 Å². The van der Waals surface area contributed by atoms with Crippen molar-refractivity contribution in [3.8, 4) is 0 Å². The molecule has 0 heterocycles. The van der Waals surface area contributed by atoms with E-state index in [1.54, 1.807) is 0 Å². The van der Waals surface area contributed by atoms with Crippen LogP contribution in [0.2, 0.25) is 0 Å². The van der Waals surface area contributed by atoms with E-state index in [1.165, 1.54) is 11.1 Å². The van der Waals surface area contributed by atoms with Gasteiger partial charge >= 0.3 is 0 Å². The number of carbonyl (C=O) groups is 1. The fourth-order valence-corrected chi connectivity index (χ4v) is 6.15. The summed E-state index contributed by atoms with van der Waals surface area (Å²) in [6.45, 7) is 0. The Morgan fingerprint density at radius 1 is 0.438 bits per heavy atom. The highest BCUT2D eigenvalue weighted by Gasteiger charge is 2.67. The highest BCUT2D eigenvalue weighted by atomic mass is 16.1. The van der Waals surface area contributed by atoms with Gasteiger partial charge in [-0.3, -0.25) is 4.79 Å². The van der Waals surface area contributed by atoms with Gasteiger partial charge in [0, 0.05) is 0 Å². The van der Waals surface area contributed by atoms with Crippen molar-refractivity contribution in [2.75, 3.05) is 0 Å². The van der Waals surface area contributed by atoms with Crippen molar-refractivity contribution >= 4 is 16.9 Å². The van der Waals surface area contributed by atoms with Gasteiger partial charge in [-0.25, -0.2) is 0 Å². The second-order valence-corrected chi connectivity index (χ2v) is 8.85. The summed E-state index contributed by atoms with van der Waals surface area (Å²) in [6.07, 6.45) is 1.65. The summed E-state index contributed by atoms with van der Waals surface area (Å²) >= 11 is 0. The van der Waals surface area contributed by atoms with Gasteiger partial charge in [-0.05, 0) is 46.2 Å². The van der Waals surface area contributed by atoms with Crippen LogP contribution in [-0.4, -0.2) is 5.78 Å². The number of rotatable bonds is 4. The molecule has 0 N–H and O–H groups in total. The molecule has 1 heteroatoms. The first-order chi connectivity index (χ1) is 15.8. The predicted molar refractivity (Wildman–Crippen MR) is 130 cm³/mol. The molecule has 2 aliphatic carbocycles. The molecule has 2 atom stereocenters. The number of carbonyl (C=O) groups excluding carboxylic acids is 1. The number of hydrogen-bond acceptors (Lipinski definition) is 1. The van der Waals surface area contributed by atoms with Crippen LogP contribution >= 0.6 is 0 Å². The molecule has 0 aliphatic heterocycles. The second-order valence-electron chi connectivity index (χ2n) is 8.85. The Labute approximate surface area is 189 Å². The lowest BCUT2D eigenvalue weighted by Gasteiger charge is -2.33. The summed E-state index contributed by atoms with van der Waals surface area (Å²) in [4.78, 5) is 14.7. The van der Waals surface area contributed by atoms with Gasteiger partial charge in [-0.2, -0.15) is 0 Å². The predicted octanol–water partition coefficient (Wildman–Crippen LogP) is 6.85. The van der Waals surface area contributed by atoms with Crippen molar-refractivity contribution in [2.24, 2.45) is 0 Å². The summed E-state index contributed by atoms with van der Waals surface area (Å²) in [6, 6.07) is 41.9. The topological polar surface area (TPSA) is 17.1 Å². The fourth-order valence-electron chi connectivity index (χ4n) is 6.15. The fraction of sp³-hybridized carbons (Fsp3) is 0.129. The minimum atomic E-state index is -0.635. The van der Waals surface area contributed by atoms with Gasteiger partial charge in [0.25, 0.3) is 0 Å². The quantitative estimate of drug-likeness (QED) is 0.358. The molecule has 32 heavy (non-hydrogen) atoms. The third-order valence-electron chi connectivity index (χ3n) is 7.41. The molecule has 2 bridgehead atoms. The zero-order valence-corrected chi connectivity index (χ0v) is 17.9. The van der Waals surface area contributed by atoms with Gasteiger partial charge in [0.2, 0.25) is 0 Å². The minimum absolute atomic E-state index is 0.320. The molecule has 0 amide bonds. The number of fused-ring (bicyclic) bond motifs is 2. The van der Waals surface area contributed by atoms with E-state index in [2.05, 4.69) is 97.1 Å². The van der Waals surface area contributed by atoms with Crippen LogP contribution in [0.15, 0.2) is 121 Å². The number of allylic oxidation sites excluding steroid dienone is 2. The Morgan fingerprint density at radius 2 is 0.750 bits per heavy atom. The summed E-state index contributed by atoms with van der Waals surface area (Å²) in [5.41, 5.74) is 5.57. The minimum Gasteiger partial charge on any atom is -0.297 e. The molecule has 2 unspecified atom stereocenters. The van der Waals surface area contributed by atoms with Crippen molar-refractivity contribution < 1.29 is 4.79 Å². The maximum atomic E-state index is 14.7. The normalized spacial score (nSPS) is 24.2. The van der Waals surface area contributed by atoms with E-state index >= 15 is 0 Å². The van der Waals surface area contributed by atoms with Crippen LogP contribution in [0.3, 0.4) is 0 Å². The first-order valence-corrected chi connectivity index (χ1v) is 11.3. The lowest BCUT2D eigenvalue weighted by Crippen LogP contribution is -2.35. The Hall–Kier alpha value is -3.71. The lowest BCUT2D eigenvalue weighted by molar-refractivity contribution is -0.122. The van der Waals surface area contributed by atoms with E-state index in [-0.39, 0.29) is 0 Å². The molecule has 4 aromatic carbocycles. The molecule has 0 saturated heterocycles. The SMILES string of the molecule is O=C1C2(c3ccccc3)CCC1(c1ccccc1)C(c1ccccc1)=C2c1ccccc1. The highest BCUT2D eigenvalue weighted by Crippen LogP contribution is 2.68. The van der Waals surface area contributed by atoms with Gasteiger partial charge in [0.05, 0.1) is 10.8 Å². The Balaban J connectivity index is 1.77. The van der Waals surface area contributed by atoms with Crippen molar-refractivity contribution in [1.82, 2.24) is 0 Å². The zero-order chi connectivity index (χ0) is 21.6. The summed E-state index contributed by atoms with van der Waals surface area (Å²) < 4.78 is 0. The first kappa shape index (κ1) is 19.0. The third kappa shape index (κ3) is 2.42. The van der Waals surface area contributed by atoms with Gasteiger partial charge in [-0.1, -0.05) is 121 Å². The average Bonchev–Trinajstić information content (AvgIpc) is 3.31. The van der Waals surface area contributed by atoms with E-state index in [9.17, 15) is 4.79 Å². The largest absolute Gasteiger partial charge is 0.297 e. The highest BCUT2D eigenvalue weighted by molar-refractivity contribution is 6.29. The van der Waals surface area contributed by atoms with Crippen molar-refractivity contribution in [3.63, 3.8) is 0 Å². The Morgan fingerprint density at radius 3 is 1.09 bits per heavy atom. The lowest BCUT2D eigenvalue weighted by atomic mass is 9.68. The molecule has 1 fully saturated rings. The van der Waals surface area contributed by atoms with Crippen LogP contribution in [0.1, 0.15) is 35.1 Å².